The second-order valence-electron chi connectivity index (χ2n) is 6.10. The number of rotatable bonds is 6. The van der Waals surface area contributed by atoms with E-state index in [9.17, 15) is 9.59 Å². The largest absolute Gasteiger partial charge is 0.490 e. The van der Waals surface area contributed by atoms with Gasteiger partial charge in [0, 0.05) is 0 Å². The summed E-state index contributed by atoms with van der Waals surface area (Å²) >= 11 is 1.01. The van der Waals surface area contributed by atoms with E-state index in [0.29, 0.717) is 18.2 Å². The normalized spacial score (nSPS) is 20.3. The fraction of sp³-hybridized carbons (Fsp3) is 0.368. The van der Waals surface area contributed by atoms with Crippen molar-refractivity contribution in [3.05, 3.63) is 47.4 Å². The predicted octanol–water partition coefficient (Wildman–Crippen LogP) is 3.73. The van der Waals surface area contributed by atoms with E-state index < -0.39 is 0 Å². The molecule has 1 aromatic rings. The van der Waals surface area contributed by atoms with Gasteiger partial charge in [-0.05, 0) is 61.5 Å². The third-order valence-electron chi connectivity index (χ3n) is 4.21. The van der Waals surface area contributed by atoms with Crippen LogP contribution in [-0.2, 0) is 4.79 Å². The molecule has 2 saturated heterocycles. The van der Waals surface area contributed by atoms with Crippen LogP contribution in [0, 0.1) is 0 Å². The van der Waals surface area contributed by atoms with Gasteiger partial charge in [0.2, 0.25) is 0 Å². The molecule has 0 bridgehead atoms. The van der Waals surface area contributed by atoms with Crippen LogP contribution in [0.15, 0.2) is 41.8 Å². The first-order valence-corrected chi connectivity index (χ1v) is 9.30. The van der Waals surface area contributed by atoms with E-state index >= 15 is 0 Å². The maximum atomic E-state index is 12.6. The molecule has 2 aliphatic heterocycles. The van der Waals surface area contributed by atoms with Gasteiger partial charge < -0.3 is 4.74 Å². The SMILES string of the molecule is C=CCOc1ccc(C=C2SC(=O)N(CN3CCCCC3)C2=O)cc1. The lowest BCUT2D eigenvalue weighted by Crippen LogP contribution is -2.42. The smallest absolute Gasteiger partial charge is 0.294 e. The number of likely N-dealkylation sites (tertiary alicyclic amines) is 1. The molecule has 3 rings (SSSR count). The van der Waals surface area contributed by atoms with Gasteiger partial charge in [-0.1, -0.05) is 31.2 Å². The quantitative estimate of drug-likeness (QED) is 0.573. The molecule has 132 valence electrons. The number of carbonyl (C=O) groups is 2. The molecule has 0 aliphatic carbocycles. The van der Waals surface area contributed by atoms with Gasteiger partial charge in [-0.25, -0.2) is 0 Å². The van der Waals surface area contributed by atoms with Crippen LogP contribution in [0.1, 0.15) is 24.8 Å². The topological polar surface area (TPSA) is 49.9 Å². The summed E-state index contributed by atoms with van der Waals surface area (Å²) in [4.78, 5) is 28.8. The molecule has 2 aliphatic rings. The molecule has 0 spiro atoms. The Bertz CT molecular complexity index is 678. The monoisotopic (exact) mass is 358 g/mol. The van der Waals surface area contributed by atoms with Crippen molar-refractivity contribution >= 4 is 29.0 Å². The highest BCUT2D eigenvalue weighted by molar-refractivity contribution is 8.18. The molecule has 6 heteroatoms. The van der Waals surface area contributed by atoms with Gasteiger partial charge in [-0.2, -0.15) is 0 Å². The number of piperidine rings is 1. The highest BCUT2D eigenvalue weighted by Crippen LogP contribution is 2.32. The van der Waals surface area contributed by atoms with Crippen molar-refractivity contribution in [3.63, 3.8) is 0 Å². The van der Waals surface area contributed by atoms with E-state index in [1.165, 1.54) is 11.3 Å². The van der Waals surface area contributed by atoms with Crippen LogP contribution < -0.4 is 4.74 Å². The molecule has 0 unspecified atom stereocenters. The fourth-order valence-electron chi connectivity index (χ4n) is 2.89. The van der Waals surface area contributed by atoms with Crippen LogP contribution in [0.25, 0.3) is 6.08 Å². The molecule has 2 heterocycles. The van der Waals surface area contributed by atoms with Crippen LogP contribution in [0.4, 0.5) is 4.79 Å². The van der Waals surface area contributed by atoms with Gasteiger partial charge in [0.1, 0.15) is 12.4 Å². The molecule has 0 radical (unpaired) electrons. The molecule has 2 amide bonds. The number of imide groups is 1. The Hall–Kier alpha value is -2.05. The van der Waals surface area contributed by atoms with Gasteiger partial charge in [0.25, 0.3) is 11.1 Å². The first kappa shape index (κ1) is 17.8. The van der Waals surface area contributed by atoms with Crippen LogP contribution in [0.2, 0.25) is 0 Å². The van der Waals surface area contributed by atoms with Crippen molar-refractivity contribution in [2.24, 2.45) is 0 Å². The first-order chi connectivity index (χ1) is 12.2. The molecule has 25 heavy (non-hydrogen) atoms. The van der Waals surface area contributed by atoms with Crippen LogP contribution in [-0.4, -0.2) is 47.3 Å². The third kappa shape index (κ3) is 4.52. The zero-order chi connectivity index (χ0) is 17.6. The summed E-state index contributed by atoms with van der Waals surface area (Å²) < 4.78 is 5.44. The zero-order valence-electron chi connectivity index (χ0n) is 14.1. The summed E-state index contributed by atoms with van der Waals surface area (Å²) in [7, 11) is 0. The summed E-state index contributed by atoms with van der Waals surface area (Å²) in [6, 6.07) is 7.43. The molecule has 5 nitrogen and oxygen atoms in total. The minimum atomic E-state index is -0.201. The first-order valence-electron chi connectivity index (χ1n) is 8.49. The second kappa shape index (κ2) is 8.36. The summed E-state index contributed by atoms with van der Waals surface area (Å²) in [6.45, 7) is 6.37. The van der Waals surface area contributed by atoms with E-state index in [1.807, 2.05) is 24.3 Å². The third-order valence-corrected chi connectivity index (χ3v) is 5.12. The van der Waals surface area contributed by atoms with E-state index in [2.05, 4.69) is 11.5 Å². The Morgan fingerprint density at radius 1 is 1.12 bits per heavy atom. The van der Waals surface area contributed by atoms with Gasteiger partial charge in [0.05, 0.1) is 11.6 Å². The molecule has 0 N–H and O–H groups in total. The molecule has 0 aromatic heterocycles. The average molecular weight is 358 g/mol. The van der Waals surface area contributed by atoms with Gasteiger partial charge in [0.15, 0.2) is 0 Å². The van der Waals surface area contributed by atoms with Crippen molar-refractivity contribution in [2.75, 3.05) is 26.4 Å². The van der Waals surface area contributed by atoms with E-state index in [4.69, 9.17) is 4.74 Å². The molecule has 0 saturated carbocycles. The number of hydrogen-bond acceptors (Lipinski definition) is 5. The van der Waals surface area contributed by atoms with Crippen molar-refractivity contribution in [1.82, 2.24) is 9.80 Å². The predicted molar refractivity (Wildman–Crippen MR) is 100 cm³/mol. The standard InChI is InChI=1S/C19H22N2O3S/c1-2-12-24-16-8-6-15(7-9-16)13-17-18(22)21(19(23)25-17)14-20-10-4-3-5-11-20/h2,6-9,13H,1,3-5,10-12,14H2. The van der Waals surface area contributed by atoms with E-state index in [1.54, 1.807) is 12.2 Å². The zero-order valence-corrected chi connectivity index (χ0v) is 15.0. The van der Waals surface area contributed by atoms with Gasteiger partial charge >= 0.3 is 0 Å². The molecular weight excluding hydrogens is 336 g/mol. The minimum absolute atomic E-state index is 0.187. The summed E-state index contributed by atoms with van der Waals surface area (Å²) in [5.74, 6) is 0.544. The van der Waals surface area contributed by atoms with Crippen molar-refractivity contribution in [1.29, 1.82) is 0 Å². The number of hydrogen-bond donors (Lipinski definition) is 0. The lowest BCUT2D eigenvalue weighted by atomic mass is 10.1. The lowest BCUT2D eigenvalue weighted by Gasteiger charge is -2.29. The average Bonchev–Trinajstić information content (AvgIpc) is 2.89. The lowest BCUT2D eigenvalue weighted by molar-refractivity contribution is -0.124. The van der Waals surface area contributed by atoms with Crippen molar-refractivity contribution < 1.29 is 14.3 Å². The summed E-state index contributed by atoms with van der Waals surface area (Å²) in [5.41, 5.74) is 0.870. The molecule has 0 atom stereocenters. The highest BCUT2D eigenvalue weighted by Gasteiger charge is 2.36. The van der Waals surface area contributed by atoms with Crippen LogP contribution >= 0.6 is 11.8 Å². The number of ether oxygens (including phenoxy) is 1. The Morgan fingerprint density at radius 2 is 1.84 bits per heavy atom. The minimum Gasteiger partial charge on any atom is -0.490 e. The maximum Gasteiger partial charge on any atom is 0.294 e. The fourth-order valence-corrected chi connectivity index (χ4v) is 3.72. The molecule has 2 fully saturated rings. The Labute approximate surface area is 152 Å². The molecule has 1 aromatic carbocycles. The summed E-state index contributed by atoms with van der Waals surface area (Å²) in [5, 5.41) is -0.187. The molecular formula is C19H22N2O3S. The Balaban J connectivity index is 1.66. The maximum absolute atomic E-state index is 12.6. The second-order valence-corrected chi connectivity index (χ2v) is 7.09. The number of nitrogens with zero attached hydrogens (tertiary/aromatic N) is 2. The van der Waals surface area contributed by atoms with Gasteiger partial charge in [-0.3, -0.25) is 19.4 Å². The number of thioether (sulfide) groups is 1. The van der Waals surface area contributed by atoms with Crippen LogP contribution in [0.3, 0.4) is 0 Å². The van der Waals surface area contributed by atoms with Crippen molar-refractivity contribution in [2.45, 2.75) is 19.3 Å². The number of carbonyl (C=O) groups excluding carboxylic acids is 2. The van der Waals surface area contributed by atoms with Gasteiger partial charge in [-0.15, -0.1) is 0 Å². The number of amides is 2. The Kier molecular flexibility index (Phi) is 5.94. The van der Waals surface area contributed by atoms with E-state index in [0.717, 1.165) is 49.0 Å². The Morgan fingerprint density at radius 3 is 2.52 bits per heavy atom. The van der Waals surface area contributed by atoms with Crippen molar-refractivity contribution in [3.8, 4) is 5.75 Å². The van der Waals surface area contributed by atoms with Crippen LogP contribution in [0.5, 0.6) is 5.75 Å². The summed E-state index contributed by atoms with van der Waals surface area (Å²) in [6.07, 6.45) is 6.94. The van der Waals surface area contributed by atoms with E-state index in [-0.39, 0.29) is 11.1 Å². The highest BCUT2D eigenvalue weighted by atomic mass is 32.2. The number of benzene rings is 1.